The molecule has 2 rings (SSSR count). The largest absolute Gasteiger partial charge is 0.309 e. The van der Waals surface area contributed by atoms with Crippen LogP contribution in [0.2, 0.25) is 5.02 Å². The molecule has 1 N–H and O–H groups in total. The molecule has 3 unspecified atom stereocenters. The topological polar surface area (TPSA) is 15.3 Å². The van der Waals surface area contributed by atoms with Gasteiger partial charge in [-0.05, 0) is 30.9 Å². The summed E-state index contributed by atoms with van der Waals surface area (Å²) in [5, 5.41) is 4.65. The van der Waals surface area contributed by atoms with Crippen LogP contribution in [0.5, 0.6) is 0 Å². The van der Waals surface area contributed by atoms with Crippen LogP contribution in [0, 0.1) is 5.92 Å². The normalized spacial score (nSPS) is 28.5. The summed E-state index contributed by atoms with van der Waals surface area (Å²) in [5.41, 5.74) is 1.46. The average Bonchev–Trinajstić information content (AvgIpc) is 2.49. The third-order valence-electron chi connectivity index (χ3n) is 5.17. The molecule has 0 saturated carbocycles. The van der Waals surface area contributed by atoms with Crippen LogP contribution in [0.4, 0.5) is 0 Å². The zero-order valence-corrected chi connectivity index (χ0v) is 14.6. The number of nitrogens with one attached hydrogen (secondary N) is 1. The predicted octanol–water partition coefficient (Wildman–Crippen LogP) is 4.33. The summed E-state index contributed by atoms with van der Waals surface area (Å²) in [7, 11) is 0. The van der Waals surface area contributed by atoms with Crippen LogP contribution >= 0.6 is 11.6 Å². The van der Waals surface area contributed by atoms with E-state index in [-0.39, 0.29) is 5.54 Å². The van der Waals surface area contributed by atoms with E-state index in [1.165, 1.54) is 12.0 Å². The summed E-state index contributed by atoms with van der Waals surface area (Å²) in [6.45, 7) is 12.4. The number of halogens is 1. The van der Waals surface area contributed by atoms with E-state index in [1.807, 2.05) is 12.1 Å². The zero-order chi connectivity index (χ0) is 15.5. The first-order valence-electron chi connectivity index (χ1n) is 8.21. The number of benzene rings is 1. The summed E-state index contributed by atoms with van der Waals surface area (Å²) in [6, 6.07) is 8.83. The molecule has 1 aromatic carbocycles. The third kappa shape index (κ3) is 4.00. The van der Waals surface area contributed by atoms with Gasteiger partial charge in [0.1, 0.15) is 0 Å². The van der Waals surface area contributed by atoms with Crippen molar-refractivity contribution in [3.63, 3.8) is 0 Å². The second kappa shape index (κ2) is 7.13. The van der Waals surface area contributed by atoms with Crippen LogP contribution in [-0.2, 0) is 6.54 Å². The van der Waals surface area contributed by atoms with Crippen LogP contribution < -0.4 is 5.32 Å². The van der Waals surface area contributed by atoms with Crippen molar-refractivity contribution in [2.24, 2.45) is 5.92 Å². The van der Waals surface area contributed by atoms with E-state index in [0.717, 1.165) is 31.1 Å². The molecule has 0 spiro atoms. The molecule has 3 atom stereocenters. The van der Waals surface area contributed by atoms with E-state index in [4.69, 9.17) is 11.6 Å². The van der Waals surface area contributed by atoms with Crippen molar-refractivity contribution in [1.29, 1.82) is 0 Å². The first-order chi connectivity index (χ1) is 9.99. The highest BCUT2D eigenvalue weighted by molar-refractivity contribution is 6.31. The predicted molar refractivity (Wildman–Crippen MR) is 91.8 cm³/mol. The van der Waals surface area contributed by atoms with Crippen LogP contribution in [0.25, 0.3) is 0 Å². The number of rotatable bonds is 5. The highest BCUT2D eigenvalue weighted by atomic mass is 35.5. The number of hydrogen-bond acceptors (Lipinski definition) is 2. The lowest BCUT2D eigenvalue weighted by molar-refractivity contribution is 0.0487. The zero-order valence-electron chi connectivity index (χ0n) is 13.8. The first-order valence-corrected chi connectivity index (χ1v) is 8.59. The van der Waals surface area contributed by atoms with E-state index in [2.05, 4.69) is 50.0 Å². The molecule has 1 saturated heterocycles. The minimum atomic E-state index is 0.214. The maximum absolute atomic E-state index is 6.37. The Bertz CT molecular complexity index is 462. The average molecular weight is 309 g/mol. The Morgan fingerprint density at radius 2 is 2.10 bits per heavy atom. The minimum absolute atomic E-state index is 0.214. The summed E-state index contributed by atoms with van der Waals surface area (Å²) in [5.74, 6) is 0.696. The summed E-state index contributed by atoms with van der Waals surface area (Å²) in [6.07, 6.45) is 2.37. The number of hydrogen-bond donors (Lipinski definition) is 1. The number of piperazine rings is 1. The molecule has 1 heterocycles. The van der Waals surface area contributed by atoms with Crippen LogP contribution in [-0.4, -0.2) is 29.6 Å². The van der Waals surface area contributed by atoms with Gasteiger partial charge in [0.2, 0.25) is 0 Å². The van der Waals surface area contributed by atoms with Crippen LogP contribution in [0.3, 0.4) is 0 Å². The van der Waals surface area contributed by atoms with Gasteiger partial charge in [0.25, 0.3) is 0 Å². The SMILES string of the molecule is CCC(C)C1CNC(C)(CC)CN1Cc1ccccc1Cl. The summed E-state index contributed by atoms with van der Waals surface area (Å²) < 4.78 is 0. The fraction of sp³-hybridized carbons (Fsp3) is 0.667. The maximum atomic E-state index is 6.37. The molecule has 0 aromatic heterocycles. The maximum Gasteiger partial charge on any atom is 0.0451 e. The van der Waals surface area contributed by atoms with Gasteiger partial charge in [-0.25, -0.2) is 0 Å². The summed E-state index contributed by atoms with van der Waals surface area (Å²) >= 11 is 6.37. The Balaban J connectivity index is 2.19. The van der Waals surface area contributed by atoms with Crippen molar-refractivity contribution in [3.05, 3.63) is 34.9 Å². The highest BCUT2D eigenvalue weighted by Crippen LogP contribution is 2.27. The van der Waals surface area contributed by atoms with Crippen molar-refractivity contribution < 1.29 is 0 Å². The van der Waals surface area contributed by atoms with Gasteiger partial charge in [-0.2, -0.15) is 0 Å². The molecule has 1 aromatic rings. The fourth-order valence-electron chi connectivity index (χ4n) is 3.19. The van der Waals surface area contributed by atoms with Crippen molar-refractivity contribution in [2.45, 2.75) is 58.7 Å². The molecule has 0 bridgehead atoms. The Kier molecular flexibility index (Phi) is 5.70. The molecular formula is C18H29ClN2. The van der Waals surface area contributed by atoms with Crippen molar-refractivity contribution in [1.82, 2.24) is 10.2 Å². The second-order valence-corrected chi connectivity index (χ2v) is 7.15. The van der Waals surface area contributed by atoms with E-state index >= 15 is 0 Å². The lowest BCUT2D eigenvalue weighted by Gasteiger charge is -2.48. The Labute approximate surface area is 134 Å². The van der Waals surface area contributed by atoms with Gasteiger partial charge < -0.3 is 5.32 Å². The molecule has 0 radical (unpaired) electrons. The molecule has 1 aliphatic rings. The van der Waals surface area contributed by atoms with Gasteiger partial charge in [0.05, 0.1) is 0 Å². The van der Waals surface area contributed by atoms with Gasteiger partial charge in [0, 0.05) is 36.2 Å². The molecule has 1 fully saturated rings. The Hall–Kier alpha value is -0.570. The first kappa shape index (κ1) is 16.8. The minimum Gasteiger partial charge on any atom is -0.309 e. The molecule has 3 heteroatoms. The second-order valence-electron chi connectivity index (χ2n) is 6.74. The number of nitrogens with zero attached hydrogens (tertiary/aromatic N) is 1. The molecule has 118 valence electrons. The van der Waals surface area contributed by atoms with Gasteiger partial charge in [-0.15, -0.1) is 0 Å². The van der Waals surface area contributed by atoms with Gasteiger partial charge in [0.15, 0.2) is 0 Å². The molecule has 1 aliphatic heterocycles. The van der Waals surface area contributed by atoms with Crippen molar-refractivity contribution in [3.8, 4) is 0 Å². The van der Waals surface area contributed by atoms with E-state index in [0.29, 0.717) is 12.0 Å². The molecule has 2 nitrogen and oxygen atoms in total. The van der Waals surface area contributed by atoms with Crippen molar-refractivity contribution in [2.75, 3.05) is 13.1 Å². The van der Waals surface area contributed by atoms with Crippen molar-refractivity contribution >= 4 is 11.6 Å². The molecule has 0 amide bonds. The Morgan fingerprint density at radius 1 is 1.38 bits per heavy atom. The fourth-order valence-corrected chi connectivity index (χ4v) is 3.39. The van der Waals surface area contributed by atoms with E-state index in [1.54, 1.807) is 0 Å². The van der Waals surface area contributed by atoms with Gasteiger partial charge >= 0.3 is 0 Å². The van der Waals surface area contributed by atoms with Crippen LogP contribution in [0.15, 0.2) is 24.3 Å². The molecular weight excluding hydrogens is 280 g/mol. The van der Waals surface area contributed by atoms with Gasteiger partial charge in [-0.3, -0.25) is 4.90 Å². The standard InChI is InChI=1S/C18H29ClN2/c1-5-14(3)17-11-20-18(4,6-2)13-21(17)12-15-9-7-8-10-16(15)19/h7-10,14,17,20H,5-6,11-13H2,1-4H3. The third-order valence-corrected chi connectivity index (χ3v) is 5.54. The highest BCUT2D eigenvalue weighted by Gasteiger charge is 2.36. The van der Waals surface area contributed by atoms with E-state index in [9.17, 15) is 0 Å². The quantitative estimate of drug-likeness (QED) is 0.871. The molecule has 0 aliphatic carbocycles. The lowest BCUT2D eigenvalue weighted by Crippen LogP contribution is -2.63. The van der Waals surface area contributed by atoms with Gasteiger partial charge in [-0.1, -0.05) is 57.0 Å². The van der Waals surface area contributed by atoms with E-state index < -0.39 is 0 Å². The summed E-state index contributed by atoms with van der Waals surface area (Å²) in [4.78, 5) is 2.63. The lowest BCUT2D eigenvalue weighted by atomic mass is 9.88. The monoisotopic (exact) mass is 308 g/mol. The smallest absolute Gasteiger partial charge is 0.0451 e. The Morgan fingerprint density at radius 3 is 2.71 bits per heavy atom. The van der Waals surface area contributed by atoms with Crippen LogP contribution in [0.1, 0.15) is 46.1 Å². The molecule has 21 heavy (non-hydrogen) atoms.